The van der Waals surface area contributed by atoms with Crippen LogP contribution in [0.5, 0.6) is 0 Å². The topological polar surface area (TPSA) is 76.3 Å². The number of hydrogen-bond acceptors (Lipinski definition) is 4. The lowest BCUT2D eigenvalue weighted by Crippen LogP contribution is -2.50. The molecule has 5 nitrogen and oxygen atoms in total. The van der Waals surface area contributed by atoms with Gasteiger partial charge in [-0.3, -0.25) is 0 Å². The Kier molecular flexibility index (Phi) is 3.41. The molecule has 2 heterocycles. The van der Waals surface area contributed by atoms with E-state index >= 15 is 0 Å². The second-order valence-corrected chi connectivity index (χ2v) is 5.88. The fourth-order valence-electron chi connectivity index (χ4n) is 1.75. The molecule has 0 radical (unpaired) electrons. The van der Waals surface area contributed by atoms with E-state index in [1.807, 2.05) is 0 Å². The lowest BCUT2D eigenvalue weighted by Gasteiger charge is -2.31. The smallest absolute Gasteiger partial charge is 0.260 e. The summed E-state index contributed by atoms with van der Waals surface area (Å²) in [6, 6.07) is 4.04. The van der Waals surface area contributed by atoms with E-state index in [9.17, 15) is 12.8 Å². The molecule has 1 fully saturated rings. The molecule has 1 aromatic heterocycles. The molecular weight excluding hydrogens is 245 g/mol. The SMILES string of the molecule is N[C@@H]1CCN(S(=O)(=O)c2ccccn2)C[C@@H]1F. The van der Waals surface area contributed by atoms with Gasteiger partial charge in [-0.05, 0) is 18.6 Å². The van der Waals surface area contributed by atoms with E-state index in [0.29, 0.717) is 6.42 Å². The second-order valence-electron chi connectivity index (χ2n) is 4.00. The summed E-state index contributed by atoms with van der Waals surface area (Å²) in [7, 11) is -3.69. The van der Waals surface area contributed by atoms with E-state index in [2.05, 4.69) is 4.98 Å². The zero-order valence-corrected chi connectivity index (χ0v) is 9.98. The van der Waals surface area contributed by atoms with E-state index in [1.165, 1.54) is 12.3 Å². The third-order valence-electron chi connectivity index (χ3n) is 2.80. The normalized spacial score (nSPS) is 26.9. The Balaban J connectivity index is 2.23. The van der Waals surface area contributed by atoms with Crippen LogP contribution in [0.4, 0.5) is 4.39 Å². The molecule has 17 heavy (non-hydrogen) atoms. The van der Waals surface area contributed by atoms with Gasteiger partial charge < -0.3 is 5.73 Å². The second kappa shape index (κ2) is 4.67. The summed E-state index contributed by atoms with van der Waals surface area (Å²) in [5.41, 5.74) is 5.51. The Morgan fingerprint density at radius 1 is 1.47 bits per heavy atom. The standard InChI is InChI=1S/C10H14FN3O2S/c11-8-7-14(6-4-9(8)12)17(15,16)10-3-1-2-5-13-10/h1-3,5,8-9H,4,6-7,12H2/t8-,9+/m0/s1. The van der Waals surface area contributed by atoms with Crippen molar-refractivity contribution in [2.45, 2.75) is 23.7 Å². The number of pyridine rings is 1. The third kappa shape index (κ3) is 2.46. The number of nitrogens with two attached hydrogens (primary N) is 1. The minimum Gasteiger partial charge on any atom is -0.325 e. The Morgan fingerprint density at radius 3 is 2.82 bits per heavy atom. The molecule has 2 atom stereocenters. The molecule has 0 spiro atoms. The van der Waals surface area contributed by atoms with Gasteiger partial charge in [0.15, 0.2) is 5.03 Å². The van der Waals surface area contributed by atoms with Crippen molar-refractivity contribution in [3.05, 3.63) is 24.4 Å². The molecule has 1 aliphatic heterocycles. The van der Waals surface area contributed by atoms with E-state index in [0.717, 1.165) is 4.31 Å². The van der Waals surface area contributed by atoms with E-state index in [-0.39, 0.29) is 18.1 Å². The van der Waals surface area contributed by atoms with Gasteiger partial charge in [-0.25, -0.2) is 17.8 Å². The Morgan fingerprint density at radius 2 is 2.24 bits per heavy atom. The summed E-state index contributed by atoms with van der Waals surface area (Å²) in [6.45, 7) is 0.0422. The maximum absolute atomic E-state index is 13.4. The van der Waals surface area contributed by atoms with Gasteiger partial charge in [0, 0.05) is 25.3 Å². The molecule has 1 saturated heterocycles. The quantitative estimate of drug-likeness (QED) is 0.819. The van der Waals surface area contributed by atoms with E-state index in [4.69, 9.17) is 5.73 Å². The van der Waals surface area contributed by atoms with Crippen LogP contribution in [0.15, 0.2) is 29.4 Å². The summed E-state index contributed by atoms with van der Waals surface area (Å²) >= 11 is 0. The summed E-state index contributed by atoms with van der Waals surface area (Å²) in [4.78, 5) is 3.79. The first-order valence-electron chi connectivity index (χ1n) is 5.32. The monoisotopic (exact) mass is 259 g/mol. The molecule has 0 aromatic carbocycles. The average molecular weight is 259 g/mol. The highest BCUT2D eigenvalue weighted by Gasteiger charge is 2.34. The molecule has 2 rings (SSSR count). The van der Waals surface area contributed by atoms with Crippen molar-refractivity contribution in [1.82, 2.24) is 9.29 Å². The average Bonchev–Trinajstić information content (AvgIpc) is 2.33. The van der Waals surface area contributed by atoms with Crippen molar-refractivity contribution >= 4 is 10.0 Å². The largest absolute Gasteiger partial charge is 0.325 e. The Labute approximate surface area is 99.5 Å². The molecule has 7 heteroatoms. The van der Waals surface area contributed by atoms with Gasteiger partial charge in [0.2, 0.25) is 0 Å². The lowest BCUT2D eigenvalue weighted by atomic mass is 10.1. The zero-order valence-electron chi connectivity index (χ0n) is 9.16. The van der Waals surface area contributed by atoms with Crippen molar-refractivity contribution in [1.29, 1.82) is 0 Å². The molecule has 0 amide bonds. The number of piperidine rings is 1. The minimum absolute atomic E-state index is 0.0531. The number of nitrogens with zero attached hydrogens (tertiary/aromatic N) is 2. The van der Waals surface area contributed by atoms with Gasteiger partial charge in [-0.2, -0.15) is 4.31 Å². The Bertz CT molecular complexity index is 480. The number of alkyl halides is 1. The summed E-state index contributed by atoms with van der Waals surface area (Å²) in [5, 5.41) is -0.0531. The number of halogens is 1. The van der Waals surface area contributed by atoms with Gasteiger partial charge in [0.1, 0.15) is 6.17 Å². The summed E-state index contributed by atoms with van der Waals surface area (Å²) < 4.78 is 38.7. The summed E-state index contributed by atoms with van der Waals surface area (Å²) in [6.07, 6.45) is 0.408. The fourth-order valence-corrected chi connectivity index (χ4v) is 3.14. The highest BCUT2D eigenvalue weighted by molar-refractivity contribution is 7.89. The molecule has 0 bridgehead atoms. The van der Waals surface area contributed by atoms with Crippen LogP contribution in [0.2, 0.25) is 0 Å². The predicted octanol–water partition coefficient (Wildman–Crippen LogP) is 0.141. The highest BCUT2D eigenvalue weighted by Crippen LogP contribution is 2.19. The van der Waals surface area contributed by atoms with Crippen LogP contribution in [-0.4, -0.2) is 43.0 Å². The van der Waals surface area contributed by atoms with Crippen LogP contribution in [0.25, 0.3) is 0 Å². The van der Waals surface area contributed by atoms with Gasteiger partial charge in [-0.15, -0.1) is 0 Å². The molecule has 2 N–H and O–H groups in total. The number of rotatable bonds is 2. The van der Waals surface area contributed by atoms with Crippen molar-refractivity contribution in [3.63, 3.8) is 0 Å². The Hall–Kier alpha value is -1.05. The lowest BCUT2D eigenvalue weighted by molar-refractivity contribution is 0.176. The maximum atomic E-state index is 13.4. The van der Waals surface area contributed by atoms with Crippen LogP contribution >= 0.6 is 0 Å². The molecule has 94 valence electrons. The van der Waals surface area contributed by atoms with Crippen LogP contribution in [0, 0.1) is 0 Å². The van der Waals surface area contributed by atoms with Crippen molar-refractivity contribution < 1.29 is 12.8 Å². The van der Waals surface area contributed by atoms with Crippen molar-refractivity contribution in [3.8, 4) is 0 Å². The van der Waals surface area contributed by atoms with Crippen molar-refractivity contribution in [2.24, 2.45) is 5.73 Å². The number of sulfonamides is 1. The highest BCUT2D eigenvalue weighted by atomic mass is 32.2. The molecule has 1 aromatic rings. The molecule has 0 saturated carbocycles. The first kappa shape index (κ1) is 12.4. The van der Waals surface area contributed by atoms with Gasteiger partial charge in [-0.1, -0.05) is 6.07 Å². The number of hydrogen-bond donors (Lipinski definition) is 1. The van der Waals surface area contributed by atoms with Crippen molar-refractivity contribution in [2.75, 3.05) is 13.1 Å². The predicted molar refractivity (Wildman–Crippen MR) is 60.5 cm³/mol. The van der Waals surface area contributed by atoms with Gasteiger partial charge >= 0.3 is 0 Å². The fraction of sp³-hybridized carbons (Fsp3) is 0.500. The first-order valence-corrected chi connectivity index (χ1v) is 6.76. The molecule has 0 unspecified atom stereocenters. The third-order valence-corrected chi connectivity index (χ3v) is 4.58. The van der Waals surface area contributed by atoms with E-state index < -0.39 is 22.2 Å². The van der Waals surface area contributed by atoms with E-state index in [1.54, 1.807) is 12.1 Å². The summed E-state index contributed by atoms with van der Waals surface area (Å²) in [5.74, 6) is 0. The zero-order chi connectivity index (χ0) is 12.5. The van der Waals surface area contributed by atoms with Crippen LogP contribution in [-0.2, 0) is 10.0 Å². The van der Waals surface area contributed by atoms with Gasteiger partial charge in [0.25, 0.3) is 10.0 Å². The van der Waals surface area contributed by atoms with Gasteiger partial charge in [0.05, 0.1) is 0 Å². The maximum Gasteiger partial charge on any atom is 0.260 e. The van der Waals surface area contributed by atoms with Crippen LogP contribution in [0.3, 0.4) is 0 Å². The van der Waals surface area contributed by atoms with Crippen LogP contribution < -0.4 is 5.73 Å². The number of aromatic nitrogens is 1. The molecular formula is C10H14FN3O2S. The first-order chi connectivity index (χ1) is 8.01. The molecule has 0 aliphatic carbocycles. The molecule has 1 aliphatic rings. The minimum atomic E-state index is -3.69. The van der Waals surface area contributed by atoms with Crippen LogP contribution in [0.1, 0.15) is 6.42 Å².